The number of nitrogens with one attached hydrogen (secondary N) is 1. The van der Waals surface area contributed by atoms with Crippen molar-refractivity contribution >= 4 is 68.9 Å². The minimum Gasteiger partial charge on any atom is -0.492 e. The van der Waals surface area contributed by atoms with Crippen LogP contribution in [0.5, 0.6) is 5.88 Å². The molecule has 31 heavy (non-hydrogen) atoms. The Morgan fingerprint density at radius 1 is 1.26 bits per heavy atom. The van der Waals surface area contributed by atoms with Crippen LogP contribution in [0.2, 0.25) is 0 Å². The van der Waals surface area contributed by atoms with Gasteiger partial charge >= 0.3 is 0 Å². The third-order valence-corrected chi connectivity index (χ3v) is 9.25. The molecule has 7 rings (SSSR count). The van der Waals surface area contributed by atoms with Crippen molar-refractivity contribution in [2.75, 3.05) is 5.43 Å². The van der Waals surface area contributed by atoms with Crippen LogP contribution in [0.1, 0.15) is 49.0 Å². The number of aromatic nitrogens is 1. The van der Waals surface area contributed by atoms with E-state index in [1.165, 1.54) is 35.3 Å². The number of thiazole rings is 1. The highest BCUT2D eigenvalue weighted by Gasteiger charge is 2.54. The van der Waals surface area contributed by atoms with Crippen molar-refractivity contribution in [3.8, 4) is 5.88 Å². The number of benzene rings is 1. The first-order valence-electron chi connectivity index (χ1n) is 10.7. The second kappa shape index (κ2) is 7.12. The molecule has 4 bridgehead atoms. The molecule has 2 heterocycles. The average molecular weight is 516 g/mol. The lowest BCUT2D eigenvalue weighted by Gasteiger charge is -2.55. The maximum atomic E-state index is 13.4. The summed E-state index contributed by atoms with van der Waals surface area (Å²) >= 11 is 10.3. The van der Waals surface area contributed by atoms with E-state index in [0.29, 0.717) is 26.6 Å². The van der Waals surface area contributed by atoms with Crippen LogP contribution in [0.25, 0.3) is 11.6 Å². The van der Waals surface area contributed by atoms with Gasteiger partial charge in [-0.05, 0) is 92.8 Å². The van der Waals surface area contributed by atoms with E-state index in [-0.39, 0.29) is 17.2 Å². The molecule has 4 aliphatic carbocycles. The van der Waals surface area contributed by atoms with Crippen LogP contribution in [0.4, 0.5) is 5.69 Å². The van der Waals surface area contributed by atoms with Crippen LogP contribution in [-0.2, 0) is 4.79 Å². The zero-order chi connectivity index (χ0) is 21.3. The van der Waals surface area contributed by atoms with Gasteiger partial charge in [0, 0.05) is 21.8 Å². The Bertz CT molecular complexity index is 1190. The Hall–Kier alpha value is -1.77. The fraction of sp³-hybridized carbons (Fsp3) is 0.435. The number of carbonyl (C=O) groups is 1. The topological polar surface area (TPSA) is 66.6 Å². The van der Waals surface area contributed by atoms with Crippen molar-refractivity contribution in [1.82, 2.24) is 4.68 Å². The fourth-order valence-corrected chi connectivity index (χ4v) is 8.04. The predicted octanol–water partition coefficient (Wildman–Crippen LogP) is 6.29. The lowest BCUT2D eigenvalue weighted by atomic mass is 9.49. The van der Waals surface area contributed by atoms with Crippen LogP contribution in [0.3, 0.4) is 0 Å². The van der Waals surface area contributed by atoms with Crippen molar-refractivity contribution in [2.24, 2.45) is 28.2 Å². The number of amides is 1. The summed E-state index contributed by atoms with van der Waals surface area (Å²) in [6, 6.07) is 5.92. The number of aliphatic imine (C=N–C) groups is 1. The maximum absolute atomic E-state index is 13.4. The Kier molecular flexibility index (Phi) is 4.56. The van der Waals surface area contributed by atoms with Gasteiger partial charge in [0.25, 0.3) is 0 Å². The Morgan fingerprint density at radius 3 is 2.61 bits per heavy atom. The number of nitrogens with zero attached hydrogens (tertiary/aromatic N) is 2. The smallest absolute Gasteiger partial charge is 0.245 e. The molecule has 4 saturated carbocycles. The molecule has 0 radical (unpaired) electrons. The first kappa shape index (κ1) is 19.9. The number of rotatable bonds is 3. The number of fused-ring (bicyclic) bond motifs is 1. The van der Waals surface area contributed by atoms with Crippen molar-refractivity contribution in [1.29, 1.82) is 0 Å². The molecule has 1 aliphatic heterocycles. The van der Waals surface area contributed by atoms with Crippen molar-refractivity contribution in [2.45, 2.75) is 38.5 Å². The molecule has 5 aliphatic rings. The summed E-state index contributed by atoms with van der Waals surface area (Å²) in [5, 5.41) is 10.9. The summed E-state index contributed by atoms with van der Waals surface area (Å²) in [4.78, 5) is 18.5. The fourth-order valence-electron chi connectivity index (χ4n) is 6.50. The van der Waals surface area contributed by atoms with E-state index in [1.54, 1.807) is 6.21 Å². The van der Waals surface area contributed by atoms with E-state index < -0.39 is 0 Å². The highest BCUT2D eigenvalue weighted by molar-refractivity contribution is 9.10. The molecule has 1 aromatic carbocycles. The van der Waals surface area contributed by atoms with Crippen LogP contribution in [0.15, 0.2) is 27.7 Å². The summed E-state index contributed by atoms with van der Waals surface area (Å²) in [5.41, 5.74) is 5.48. The van der Waals surface area contributed by atoms with E-state index in [1.807, 2.05) is 24.3 Å². The first-order valence-corrected chi connectivity index (χ1v) is 12.7. The number of allylic oxidation sites excluding steroid dienone is 1. The molecule has 2 N–H and O–H groups in total. The average Bonchev–Trinajstić information content (AvgIpc) is 3.22. The Labute approximate surface area is 198 Å². The molecular formula is C23H22BrN3O2S2. The van der Waals surface area contributed by atoms with E-state index in [0.717, 1.165) is 40.6 Å². The summed E-state index contributed by atoms with van der Waals surface area (Å²) in [7, 11) is 0. The number of carbonyl (C=O) groups excluding carboxylic acids is 1. The molecule has 0 saturated heterocycles. The summed E-state index contributed by atoms with van der Waals surface area (Å²) in [6.45, 7) is 0. The van der Waals surface area contributed by atoms with E-state index in [9.17, 15) is 9.90 Å². The minimum absolute atomic E-state index is 0.0163. The highest BCUT2D eigenvalue weighted by Crippen LogP contribution is 2.60. The monoisotopic (exact) mass is 515 g/mol. The molecular weight excluding hydrogens is 494 g/mol. The van der Waals surface area contributed by atoms with Gasteiger partial charge in [-0.2, -0.15) is 4.68 Å². The molecule has 0 spiro atoms. The Balaban J connectivity index is 1.29. The molecule has 2 aromatic rings. The Morgan fingerprint density at radius 2 is 1.94 bits per heavy atom. The highest BCUT2D eigenvalue weighted by atomic mass is 79.9. The summed E-state index contributed by atoms with van der Waals surface area (Å²) < 4.78 is 2.80. The number of hydrogen-bond donors (Lipinski definition) is 2. The number of hydrogen-bond acceptors (Lipinski definition) is 5. The normalized spacial score (nSPS) is 31.4. The lowest BCUT2D eigenvalue weighted by Crippen LogP contribution is -2.52. The van der Waals surface area contributed by atoms with Gasteiger partial charge in [-0.25, -0.2) is 0 Å². The molecule has 1 amide bonds. The lowest BCUT2D eigenvalue weighted by molar-refractivity contribution is -0.141. The van der Waals surface area contributed by atoms with Gasteiger partial charge in [0.15, 0.2) is 3.95 Å². The SMILES string of the molecule is O=C(Nn1c(O)c(C=C2C=Nc3ccc(Br)cc32)sc1=S)C12CC3CC(CC(C3)C1)C2. The molecule has 0 atom stereocenters. The van der Waals surface area contributed by atoms with E-state index in [2.05, 4.69) is 26.3 Å². The second-order valence-electron chi connectivity index (χ2n) is 9.55. The molecule has 5 nitrogen and oxygen atoms in total. The maximum Gasteiger partial charge on any atom is 0.245 e. The zero-order valence-electron chi connectivity index (χ0n) is 16.8. The molecule has 4 fully saturated rings. The number of aromatic hydroxyl groups is 1. The molecule has 0 unspecified atom stereocenters. The van der Waals surface area contributed by atoms with Gasteiger partial charge in [-0.1, -0.05) is 27.3 Å². The largest absolute Gasteiger partial charge is 0.492 e. The van der Waals surface area contributed by atoms with Crippen molar-refractivity contribution in [3.63, 3.8) is 0 Å². The van der Waals surface area contributed by atoms with Crippen LogP contribution in [-0.4, -0.2) is 21.9 Å². The molecule has 1 aromatic heterocycles. The molecule has 8 heteroatoms. The van der Waals surface area contributed by atoms with Crippen LogP contribution >= 0.6 is 39.5 Å². The van der Waals surface area contributed by atoms with Crippen molar-refractivity contribution < 1.29 is 9.90 Å². The van der Waals surface area contributed by atoms with Gasteiger partial charge in [0.1, 0.15) is 0 Å². The quantitative estimate of drug-likeness (QED) is 0.472. The van der Waals surface area contributed by atoms with Crippen molar-refractivity contribution in [3.05, 3.63) is 37.1 Å². The standard InChI is InChI=1S/C23H22BrN3O2S2/c24-16-1-2-18-17(7-16)15(11-25-18)6-19-20(28)27(22(30)31-19)26-21(29)23-8-12-3-13(9-23)5-14(4-12)10-23/h1-2,6-7,11-14,28H,3-5,8-10H2,(H,26,29). The van der Waals surface area contributed by atoms with Gasteiger partial charge in [-0.3, -0.25) is 15.2 Å². The van der Waals surface area contributed by atoms with Gasteiger partial charge in [-0.15, -0.1) is 0 Å². The van der Waals surface area contributed by atoms with Gasteiger partial charge in [0.05, 0.1) is 16.0 Å². The summed E-state index contributed by atoms with van der Waals surface area (Å²) in [5.74, 6) is 2.05. The second-order valence-corrected chi connectivity index (χ2v) is 12.1. The summed E-state index contributed by atoms with van der Waals surface area (Å²) in [6.07, 6.45) is 10.4. The first-order chi connectivity index (χ1) is 14.9. The minimum atomic E-state index is -0.292. The van der Waals surface area contributed by atoms with Gasteiger partial charge < -0.3 is 5.11 Å². The third kappa shape index (κ3) is 3.26. The third-order valence-electron chi connectivity index (χ3n) is 7.44. The predicted molar refractivity (Wildman–Crippen MR) is 130 cm³/mol. The van der Waals surface area contributed by atoms with Crippen LogP contribution in [0, 0.1) is 27.1 Å². The van der Waals surface area contributed by atoms with E-state index in [4.69, 9.17) is 12.2 Å². The molecule has 160 valence electrons. The van der Waals surface area contributed by atoms with Crippen LogP contribution < -0.4 is 5.43 Å². The van der Waals surface area contributed by atoms with E-state index >= 15 is 0 Å². The van der Waals surface area contributed by atoms with Gasteiger partial charge in [0.2, 0.25) is 11.8 Å². The zero-order valence-corrected chi connectivity index (χ0v) is 20.0. The number of halogens is 1.